The summed E-state index contributed by atoms with van der Waals surface area (Å²) in [5.41, 5.74) is 3.94. The van der Waals surface area contributed by atoms with Crippen LogP contribution in [0.5, 0.6) is 0 Å². The van der Waals surface area contributed by atoms with E-state index in [-0.39, 0.29) is 0 Å². The Morgan fingerprint density at radius 2 is 1.67 bits per heavy atom. The molecule has 7 N–H and O–H groups in total. The van der Waals surface area contributed by atoms with E-state index < -0.39 is 0 Å². The molecule has 0 saturated carbocycles. The van der Waals surface area contributed by atoms with Crippen LogP contribution in [0.4, 0.5) is 0 Å². The molecule has 0 aliphatic carbocycles. The maximum absolute atomic E-state index is 5.13. The number of rotatable bonds is 3. The number of nitrogens with one attached hydrogen (secondary N) is 1. The van der Waals surface area contributed by atoms with Crippen molar-refractivity contribution in [3.05, 3.63) is 35.9 Å². The Hall–Kier alpha value is -0.940. The van der Waals surface area contributed by atoms with Gasteiger partial charge in [0.15, 0.2) is 0 Å². The Morgan fingerprint density at radius 3 is 2.17 bits per heavy atom. The molecular weight excluding hydrogens is 152 g/mol. The zero-order valence-corrected chi connectivity index (χ0v) is 7.03. The highest BCUT2D eigenvalue weighted by Crippen LogP contribution is 1.97. The van der Waals surface area contributed by atoms with Crippen molar-refractivity contribution in [2.45, 2.75) is 6.42 Å². The zero-order valence-electron chi connectivity index (χ0n) is 7.03. The number of hydrogen-bond donors (Lipinski definition) is 4. The van der Waals surface area contributed by atoms with Crippen LogP contribution in [0.25, 0.3) is 0 Å². The van der Waals surface area contributed by atoms with Crippen molar-refractivity contribution < 1.29 is 0 Å². The van der Waals surface area contributed by atoms with Gasteiger partial charge >= 0.3 is 0 Å². The summed E-state index contributed by atoms with van der Waals surface area (Å²) in [7, 11) is 0. The summed E-state index contributed by atoms with van der Waals surface area (Å²) in [6.07, 6.45) is 0.997. The van der Waals surface area contributed by atoms with Gasteiger partial charge in [-0.1, -0.05) is 30.3 Å². The molecule has 1 rings (SSSR count). The molecule has 0 fully saturated rings. The van der Waals surface area contributed by atoms with Crippen molar-refractivity contribution in [3.8, 4) is 0 Å². The number of hydrogen-bond acceptors (Lipinski definition) is 4. The molecule has 0 saturated heterocycles. The standard InChI is InChI=1S/C8H12N2.H4N2/c9-10-7-6-8-4-2-1-3-5-8;1-2/h1-5,10H,6-7,9H2;1-2H2. The molecule has 68 valence electrons. The zero-order chi connectivity index (χ0) is 9.23. The second kappa shape index (κ2) is 8.16. The molecule has 12 heavy (non-hydrogen) atoms. The molecule has 0 aromatic heterocycles. The van der Waals surface area contributed by atoms with E-state index in [1.54, 1.807) is 0 Å². The van der Waals surface area contributed by atoms with E-state index in [2.05, 4.69) is 29.2 Å². The van der Waals surface area contributed by atoms with Gasteiger partial charge in [-0.2, -0.15) is 0 Å². The fourth-order valence-corrected chi connectivity index (χ4v) is 0.861. The van der Waals surface area contributed by atoms with E-state index in [1.807, 2.05) is 18.2 Å². The van der Waals surface area contributed by atoms with Gasteiger partial charge in [0.25, 0.3) is 0 Å². The number of hydrazine groups is 2. The van der Waals surface area contributed by atoms with Gasteiger partial charge in [-0.05, 0) is 12.0 Å². The predicted octanol–water partition coefficient (Wildman–Crippen LogP) is -0.489. The van der Waals surface area contributed by atoms with Crippen LogP contribution in [0.3, 0.4) is 0 Å². The van der Waals surface area contributed by atoms with Gasteiger partial charge in [-0.25, -0.2) is 0 Å². The summed E-state index contributed by atoms with van der Waals surface area (Å²) in [4.78, 5) is 0. The largest absolute Gasteiger partial charge is 0.274 e. The molecule has 0 unspecified atom stereocenters. The van der Waals surface area contributed by atoms with Crippen molar-refractivity contribution >= 4 is 0 Å². The van der Waals surface area contributed by atoms with Gasteiger partial charge in [0.1, 0.15) is 0 Å². The summed E-state index contributed by atoms with van der Waals surface area (Å²) in [6, 6.07) is 10.3. The molecule has 0 bridgehead atoms. The summed E-state index contributed by atoms with van der Waals surface area (Å²) in [6.45, 7) is 0.837. The number of nitrogens with two attached hydrogens (primary N) is 3. The van der Waals surface area contributed by atoms with Gasteiger partial charge in [0, 0.05) is 6.54 Å². The van der Waals surface area contributed by atoms with Gasteiger partial charge in [-0.15, -0.1) is 0 Å². The smallest absolute Gasteiger partial charge is 0.0138 e. The lowest BCUT2D eigenvalue weighted by Crippen LogP contribution is -2.24. The second-order valence-electron chi connectivity index (χ2n) is 2.19. The highest BCUT2D eigenvalue weighted by molar-refractivity contribution is 5.14. The second-order valence-corrected chi connectivity index (χ2v) is 2.19. The Morgan fingerprint density at radius 1 is 1.08 bits per heavy atom. The first-order valence-corrected chi connectivity index (χ1v) is 3.74. The average molecular weight is 168 g/mol. The molecule has 0 amide bonds. The van der Waals surface area contributed by atoms with Crippen molar-refractivity contribution in [1.29, 1.82) is 0 Å². The van der Waals surface area contributed by atoms with E-state index in [0.717, 1.165) is 13.0 Å². The third-order valence-corrected chi connectivity index (χ3v) is 1.40. The first-order chi connectivity index (χ1) is 5.93. The van der Waals surface area contributed by atoms with Crippen molar-refractivity contribution in [2.75, 3.05) is 6.54 Å². The van der Waals surface area contributed by atoms with Crippen molar-refractivity contribution in [1.82, 2.24) is 5.43 Å². The van der Waals surface area contributed by atoms with Crippen LogP contribution in [-0.2, 0) is 6.42 Å². The Kier molecular flexibility index (Phi) is 7.52. The van der Waals surface area contributed by atoms with Crippen LogP contribution in [0.2, 0.25) is 0 Å². The van der Waals surface area contributed by atoms with Crippen LogP contribution in [0.1, 0.15) is 5.56 Å². The minimum absolute atomic E-state index is 0.837. The van der Waals surface area contributed by atoms with Crippen molar-refractivity contribution in [2.24, 2.45) is 17.5 Å². The SMILES string of the molecule is NN.NNCCc1ccccc1. The monoisotopic (exact) mass is 168 g/mol. The van der Waals surface area contributed by atoms with E-state index in [9.17, 15) is 0 Å². The summed E-state index contributed by atoms with van der Waals surface area (Å²) >= 11 is 0. The average Bonchev–Trinajstić information content (AvgIpc) is 2.19. The van der Waals surface area contributed by atoms with Crippen LogP contribution in [-0.4, -0.2) is 6.54 Å². The van der Waals surface area contributed by atoms with Gasteiger partial charge in [0.2, 0.25) is 0 Å². The molecule has 1 aromatic rings. The van der Waals surface area contributed by atoms with Crippen molar-refractivity contribution in [3.63, 3.8) is 0 Å². The maximum atomic E-state index is 5.13. The van der Waals surface area contributed by atoms with Crippen LogP contribution in [0, 0.1) is 0 Å². The Bertz CT molecular complexity index is 176. The first kappa shape index (κ1) is 11.1. The first-order valence-electron chi connectivity index (χ1n) is 3.74. The minimum atomic E-state index is 0.837. The predicted molar refractivity (Wildman–Crippen MR) is 50.7 cm³/mol. The summed E-state index contributed by atoms with van der Waals surface area (Å²) < 4.78 is 0. The highest BCUT2D eigenvalue weighted by Gasteiger charge is 1.86. The molecule has 0 spiro atoms. The fourth-order valence-electron chi connectivity index (χ4n) is 0.861. The summed E-state index contributed by atoms with van der Waals surface area (Å²) in [5.74, 6) is 13.1. The normalized spacial score (nSPS) is 8.58. The van der Waals surface area contributed by atoms with Gasteiger partial charge in [0.05, 0.1) is 0 Å². The fraction of sp³-hybridized carbons (Fsp3) is 0.250. The molecule has 0 radical (unpaired) electrons. The van der Waals surface area contributed by atoms with E-state index in [4.69, 9.17) is 5.84 Å². The van der Waals surface area contributed by atoms with E-state index in [0.29, 0.717) is 0 Å². The molecule has 1 aromatic carbocycles. The lowest BCUT2D eigenvalue weighted by atomic mass is 10.2. The molecule has 0 heterocycles. The van der Waals surface area contributed by atoms with E-state index >= 15 is 0 Å². The van der Waals surface area contributed by atoms with Gasteiger partial charge in [-0.3, -0.25) is 23.0 Å². The topological polar surface area (TPSA) is 90.1 Å². The Balaban J connectivity index is 0.000000561. The number of benzene rings is 1. The quantitative estimate of drug-likeness (QED) is 0.362. The summed E-state index contributed by atoms with van der Waals surface area (Å²) in [5, 5.41) is 0. The molecule has 0 aliphatic heterocycles. The van der Waals surface area contributed by atoms with Crippen LogP contribution >= 0.6 is 0 Å². The van der Waals surface area contributed by atoms with Gasteiger partial charge < -0.3 is 0 Å². The molecule has 0 aliphatic rings. The molecule has 4 nitrogen and oxygen atoms in total. The van der Waals surface area contributed by atoms with E-state index in [1.165, 1.54) is 5.56 Å². The van der Waals surface area contributed by atoms with Crippen LogP contribution < -0.4 is 23.0 Å². The highest BCUT2D eigenvalue weighted by atomic mass is 15.2. The Labute approximate surface area is 72.7 Å². The third-order valence-electron chi connectivity index (χ3n) is 1.40. The van der Waals surface area contributed by atoms with Crippen LogP contribution in [0.15, 0.2) is 30.3 Å². The lowest BCUT2D eigenvalue weighted by molar-refractivity contribution is 0.728. The molecule has 0 atom stereocenters. The minimum Gasteiger partial charge on any atom is -0.274 e. The lowest BCUT2D eigenvalue weighted by Gasteiger charge is -1.97. The maximum Gasteiger partial charge on any atom is 0.0138 e. The third kappa shape index (κ3) is 4.81. The molecule has 4 heteroatoms. The molecular formula is C8H16N4.